The van der Waals surface area contributed by atoms with Gasteiger partial charge >= 0.3 is 5.97 Å². The van der Waals surface area contributed by atoms with E-state index in [1.807, 2.05) is 12.2 Å². The van der Waals surface area contributed by atoms with Crippen molar-refractivity contribution in [1.82, 2.24) is 10.6 Å². The zero-order valence-electron chi connectivity index (χ0n) is 17.5. The van der Waals surface area contributed by atoms with Gasteiger partial charge in [-0.3, -0.25) is 9.59 Å². The molecule has 0 spiro atoms. The van der Waals surface area contributed by atoms with E-state index in [1.54, 1.807) is 13.0 Å². The lowest BCUT2D eigenvalue weighted by atomic mass is 10.1. The van der Waals surface area contributed by atoms with Crippen LogP contribution >= 0.6 is 0 Å². The van der Waals surface area contributed by atoms with E-state index in [4.69, 9.17) is 4.74 Å². The summed E-state index contributed by atoms with van der Waals surface area (Å²) in [6.07, 6.45) is 11.0. The lowest BCUT2D eigenvalue weighted by molar-refractivity contribution is -0.137. The summed E-state index contributed by atoms with van der Waals surface area (Å²) in [6.45, 7) is 9.56. The summed E-state index contributed by atoms with van der Waals surface area (Å²) in [5, 5.41) is 4.66. The Hall–Kier alpha value is -2.83. The highest BCUT2D eigenvalue weighted by Crippen LogP contribution is 2.08. The minimum Gasteiger partial charge on any atom is -0.502 e. The summed E-state index contributed by atoms with van der Waals surface area (Å²) in [6, 6.07) is 0. The maximum atomic E-state index is 12.1. The predicted octanol–water partition coefficient (Wildman–Crippen LogP) is 3.11. The number of amides is 2. The van der Waals surface area contributed by atoms with Crippen LogP contribution in [0, 0.1) is 5.92 Å². The molecule has 0 radical (unpaired) electrons. The van der Waals surface area contributed by atoms with Gasteiger partial charge in [-0.05, 0) is 25.7 Å². The first-order valence-corrected chi connectivity index (χ1v) is 9.19. The largest absolute Gasteiger partial charge is 0.502 e. The van der Waals surface area contributed by atoms with Crippen molar-refractivity contribution in [2.45, 2.75) is 46.5 Å². The molecule has 0 atom stereocenters. The molecule has 2 amide bonds. The molecule has 0 fully saturated rings. The third-order valence-corrected chi connectivity index (χ3v) is 3.67. The second kappa shape index (κ2) is 14.3. The first-order chi connectivity index (χ1) is 13.2. The van der Waals surface area contributed by atoms with E-state index >= 15 is 0 Å². The average molecular weight is 392 g/mol. The minimum absolute atomic E-state index is 0.207. The Bertz CT molecular complexity index is 645. The van der Waals surface area contributed by atoms with E-state index in [2.05, 4.69) is 35.8 Å². The lowest BCUT2D eigenvalue weighted by Gasteiger charge is -2.10. The number of carbonyl (C=O) groups excluding carboxylic acids is 3. The number of carbonyl (C=O) groups is 3. The molecule has 0 saturated carbocycles. The van der Waals surface area contributed by atoms with Crippen molar-refractivity contribution >= 4 is 17.8 Å². The van der Waals surface area contributed by atoms with Crippen LogP contribution in [0.15, 0.2) is 48.0 Å². The Morgan fingerprint density at radius 3 is 2.32 bits per heavy atom. The van der Waals surface area contributed by atoms with Gasteiger partial charge in [0.1, 0.15) is 6.26 Å². The highest BCUT2D eigenvalue weighted by molar-refractivity contribution is 6.04. The number of hydrogen-bond donors (Lipinski definition) is 2. The molecular formula is C21H32N2O5. The molecule has 0 saturated heterocycles. The normalized spacial score (nSPS) is 12.1. The van der Waals surface area contributed by atoms with Crippen molar-refractivity contribution in [3.05, 3.63) is 48.0 Å². The van der Waals surface area contributed by atoms with Gasteiger partial charge in [-0.25, -0.2) is 4.79 Å². The second-order valence-electron chi connectivity index (χ2n) is 6.60. The Morgan fingerprint density at radius 1 is 1.07 bits per heavy atom. The van der Waals surface area contributed by atoms with E-state index in [0.717, 1.165) is 19.1 Å². The third-order valence-electron chi connectivity index (χ3n) is 3.67. The number of esters is 1. The number of rotatable bonds is 12. The fourth-order valence-corrected chi connectivity index (χ4v) is 2.05. The van der Waals surface area contributed by atoms with Crippen LogP contribution in [0.3, 0.4) is 0 Å². The first kappa shape index (κ1) is 25.2. The number of hydrogen-bond acceptors (Lipinski definition) is 5. The second-order valence-corrected chi connectivity index (χ2v) is 6.60. The Labute approximate surface area is 167 Å². The number of ether oxygens (including phenoxy) is 2. The Kier molecular flexibility index (Phi) is 12.8. The van der Waals surface area contributed by atoms with Crippen molar-refractivity contribution in [2.24, 2.45) is 5.92 Å². The molecule has 0 aliphatic rings. The fraction of sp³-hybridized carbons (Fsp3) is 0.476. The Morgan fingerprint density at radius 2 is 1.75 bits per heavy atom. The van der Waals surface area contributed by atoms with Crippen LogP contribution in [0.2, 0.25) is 0 Å². The number of unbranched alkanes of at least 4 members (excludes halogenated alkanes) is 2. The summed E-state index contributed by atoms with van der Waals surface area (Å²) >= 11 is 0. The van der Waals surface area contributed by atoms with Crippen LogP contribution in [0.5, 0.6) is 0 Å². The molecule has 7 nitrogen and oxygen atoms in total. The highest BCUT2D eigenvalue weighted by Gasteiger charge is 2.17. The smallest absolute Gasteiger partial charge is 0.357 e. The molecule has 0 aromatic rings. The number of methoxy groups -OCH3 is 2. The molecule has 156 valence electrons. The van der Waals surface area contributed by atoms with Crippen molar-refractivity contribution in [3.63, 3.8) is 0 Å². The standard InChI is InChI=1S/C21H32N2O5/c1-15(2)12-10-8-7-9-11-13-16(3)19(24)22-17(4)20(25)23-18(14-27-5)21(26)28-6/h9,11,13-15H,4,7-8,10,12H2,1-3,5-6H3,(H,22,24)(H,23,25)/b11-9-,16-13+,18-14+. The SMILES string of the molecule is C=C(NC(=O)/C(C)=C/C=C\CCCCC(C)C)C(=O)N/C(=C/OC)C(=O)OC. The maximum Gasteiger partial charge on any atom is 0.357 e. The highest BCUT2D eigenvalue weighted by atomic mass is 16.5. The van der Waals surface area contributed by atoms with Crippen molar-refractivity contribution < 1.29 is 23.9 Å². The zero-order valence-corrected chi connectivity index (χ0v) is 17.5. The molecule has 0 heterocycles. The summed E-state index contributed by atoms with van der Waals surface area (Å²) in [5.41, 5.74) is 0.00684. The van der Waals surface area contributed by atoms with Crippen LogP contribution in [0.4, 0.5) is 0 Å². The van der Waals surface area contributed by atoms with Crippen LogP contribution in [-0.4, -0.2) is 32.0 Å². The molecule has 0 aliphatic carbocycles. The van der Waals surface area contributed by atoms with E-state index in [0.29, 0.717) is 11.5 Å². The van der Waals surface area contributed by atoms with Crippen molar-refractivity contribution in [1.29, 1.82) is 0 Å². The quantitative estimate of drug-likeness (QED) is 0.175. The van der Waals surface area contributed by atoms with Crippen LogP contribution < -0.4 is 10.6 Å². The van der Waals surface area contributed by atoms with Gasteiger partial charge in [0.15, 0.2) is 5.70 Å². The molecule has 0 aliphatic heterocycles. The van der Waals surface area contributed by atoms with Crippen LogP contribution in [0.25, 0.3) is 0 Å². The third kappa shape index (κ3) is 11.0. The molecule has 28 heavy (non-hydrogen) atoms. The van der Waals surface area contributed by atoms with E-state index in [-0.39, 0.29) is 11.4 Å². The van der Waals surface area contributed by atoms with Crippen molar-refractivity contribution in [2.75, 3.05) is 14.2 Å². The molecule has 0 rings (SSSR count). The number of allylic oxidation sites excluding steroid dienone is 3. The Balaban J connectivity index is 4.54. The molecule has 0 bridgehead atoms. The summed E-state index contributed by atoms with van der Waals surface area (Å²) in [7, 11) is 2.48. The maximum absolute atomic E-state index is 12.1. The van der Waals surface area contributed by atoms with Crippen molar-refractivity contribution in [3.8, 4) is 0 Å². The average Bonchev–Trinajstić information content (AvgIpc) is 2.65. The molecular weight excluding hydrogens is 360 g/mol. The van der Waals surface area contributed by atoms with Gasteiger partial charge in [0, 0.05) is 5.57 Å². The van der Waals surface area contributed by atoms with Gasteiger partial charge in [0.25, 0.3) is 11.8 Å². The van der Waals surface area contributed by atoms with Gasteiger partial charge in [-0.1, -0.05) is 51.5 Å². The van der Waals surface area contributed by atoms with E-state index in [9.17, 15) is 14.4 Å². The lowest BCUT2D eigenvalue weighted by Crippen LogP contribution is -2.36. The molecule has 0 unspecified atom stereocenters. The van der Waals surface area contributed by atoms with Gasteiger partial charge in [0.05, 0.1) is 19.9 Å². The molecule has 7 heteroatoms. The topological polar surface area (TPSA) is 93.7 Å². The van der Waals surface area contributed by atoms with Gasteiger partial charge in [0.2, 0.25) is 0 Å². The van der Waals surface area contributed by atoms with Gasteiger partial charge in [-0.2, -0.15) is 0 Å². The van der Waals surface area contributed by atoms with E-state index < -0.39 is 17.8 Å². The van der Waals surface area contributed by atoms with Crippen LogP contribution in [0.1, 0.15) is 46.5 Å². The zero-order chi connectivity index (χ0) is 21.5. The van der Waals surface area contributed by atoms with Gasteiger partial charge in [-0.15, -0.1) is 0 Å². The molecule has 0 aromatic heterocycles. The van der Waals surface area contributed by atoms with E-state index in [1.165, 1.54) is 27.1 Å². The number of nitrogens with one attached hydrogen (secondary N) is 2. The van der Waals surface area contributed by atoms with Gasteiger partial charge < -0.3 is 20.1 Å². The van der Waals surface area contributed by atoms with Crippen LogP contribution in [-0.2, 0) is 23.9 Å². The molecule has 2 N–H and O–H groups in total. The summed E-state index contributed by atoms with van der Waals surface area (Å²) < 4.78 is 9.23. The summed E-state index contributed by atoms with van der Waals surface area (Å²) in [4.78, 5) is 35.7. The fourth-order valence-electron chi connectivity index (χ4n) is 2.05. The summed E-state index contributed by atoms with van der Waals surface area (Å²) in [5.74, 6) is -1.28. The first-order valence-electron chi connectivity index (χ1n) is 9.19. The predicted molar refractivity (Wildman–Crippen MR) is 109 cm³/mol. The monoisotopic (exact) mass is 392 g/mol. The molecule has 0 aromatic carbocycles. The minimum atomic E-state index is -0.788.